The fraction of sp³-hybridized carbons (Fsp3) is 0.600. The van der Waals surface area contributed by atoms with Gasteiger partial charge in [-0.05, 0) is 19.9 Å². The van der Waals surface area contributed by atoms with E-state index in [0.29, 0.717) is 11.5 Å². The second-order valence-corrected chi connectivity index (χ2v) is 6.49. The van der Waals surface area contributed by atoms with E-state index in [9.17, 15) is 8.42 Å². The maximum Gasteiger partial charge on any atom is 0.241 e. The van der Waals surface area contributed by atoms with Gasteiger partial charge < -0.3 is 9.84 Å². The van der Waals surface area contributed by atoms with Crippen molar-refractivity contribution in [3.8, 4) is 0 Å². The average Bonchev–Trinajstić information content (AvgIpc) is 2.73. The molecule has 1 heterocycles. The third-order valence-electron chi connectivity index (χ3n) is 1.94. The number of ether oxygens (including phenoxy) is 1. The number of thiophene rings is 1. The van der Waals surface area contributed by atoms with Crippen molar-refractivity contribution in [2.45, 2.75) is 31.5 Å². The lowest BCUT2D eigenvalue weighted by Gasteiger charge is -2.08. The first-order valence-corrected chi connectivity index (χ1v) is 7.61. The van der Waals surface area contributed by atoms with E-state index in [2.05, 4.69) is 4.72 Å². The van der Waals surface area contributed by atoms with Gasteiger partial charge in [0.15, 0.2) is 0 Å². The fourth-order valence-corrected chi connectivity index (χ4v) is 3.29. The van der Waals surface area contributed by atoms with E-state index in [-0.39, 0.29) is 24.2 Å². The number of aliphatic hydroxyl groups excluding tert-OH is 1. The highest BCUT2D eigenvalue weighted by molar-refractivity contribution is 7.89. The molecule has 0 unspecified atom stereocenters. The molecule has 1 rings (SSSR count). The molecule has 0 atom stereocenters. The first-order chi connectivity index (χ1) is 7.95. The lowest BCUT2D eigenvalue weighted by atomic mass is 10.5. The zero-order chi connectivity index (χ0) is 12.9. The van der Waals surface area contributed by atoms with Crippen molar-refractivity contribution < 1.29 is 18.3 Å². The third-order valence-corrected chi connectivity index (χ3v) is 4.45. The Hall–Kier alpha value is -0.470. The summed E-state index contributed by atoms with van der Waals surface area (Å²) in [5.74, 6) is 0. The molecule has 98 valence electrons. The molecule has 2 N–H and O–H groups in total. The van der Waals surface area contributed by atoms with Gasteiger partial charge in [-0.25, -0.2) is 13.1 Å². The Morgan fingerprint density at radius 3 is 2.76 bits per heavy atom. The number of hydrogen-bond donors (Lipinski definition) is 2. The van der Waals surface area contributed by atoms with Crippen LogP contribution < -0.4 is 4.72 Å². The van der Waals surface area contributed by atoms with Crippen LogP contribution in [-0.2, 0) is 21.4 Å². The standard InChI is InChI=1S/C10H17NO4S2/c1-8(2)15-4-3-11-17(13,14)10-5-9(6-12)16-7-10/h5,7-8,11-12H,3-4,6H2,1-2H3. The topological polar surface area (TPSA) is 75.6 Å². The number of aliphatic hydroxyl groups is 1. The number of rotatable bonds is 7. The van der Waals surface area contributed by atoms with E-state index in [0.717, 1.165) is 0 Å². The minimum absolute atomic E-state index is 0.0849. The molecule has 0 aromatic carbocycles. The number of sulfonamides is 1. The van der Waals surface area contributed by atoms with Gasteiger partial charge in [-0.2, -0.15) is 0 Å². The second kappa shape index (κ2) is 6.46. The molecule has 1 aromatic heterocycles. The molecule has 0 amide bonds. The number of hydrogen-bond acceptors (Lipinski definition) is 5. The van der Waals surface area contributed by atoms with Crippen molar-refractivity contribution >= 4 is 21.4 Å². The minimum atomic E-state index is -3.48. The van der Waals surface area contributed by atoms with E-state index in [4.69, 9.17) is 9.84 Å². The van der Waals surface area contributed by atoms with Gasteiger partial charge in [-0.3, -0.25) is 0 Å². The van der Waals surface area contributed by atoms with Crippen molar-refractivity contribution in [3.63, 3.8) is 0 Å². The van der Waals surface area contributed by atoms with Gasteiger partial charge in [-0.15, -0.1) is 11.3 Å². The molecule has 0 fully saturated rings. The van der Waals surface area contributed by atoms with Crippen molar-refractivity contribution in [3.05, 3.63) is 16.3 Å². The van der Waals surface area contributed by atoms with E-state index in [1.165, 1.54) is 22.8 Å². The molecule has 0 saturated carbocycles. The summed E-state index contributed by atoms with van der Waals surface area (Å²) in [6.07, 6.45) is 0.0849. The van der Waals surface area contributed by atoms with Crippen LogP contribution in [0.4, 0.5) is 0 Å². The van der Waals surface area contributed by atoms with Gasteiger partial charge in [0.05, 0.1) is 24.2 Å². The van der Waals surface area contributed by atoms with Crippen molar-refractivity contribution in [1.82, 2.24) is 4.72 Å². The van der Waals surface area contributed by atoms with Crippen molar-refractivity contribution in [1.29, 1.82) is 0 Å². The minimum Gasteiger partial charge on any atom is -0.391 e. The smallest absolute Gasteiger partial charge is 0.241 e. The van der Waals surface area contributed by atoms with Crippen LogP contribution >= 0.6 is 11.3 Å². The van der Waals surface area contributed by atoms with E-state index < -0.39 is 10.0 Å². The molecule has 0 bridgehead atoms. The molecular formula is C10H17NO4S2. The molecule has 5 nitrogen and oxygen atoms in total. The summed E-state index contributed by atoms with van der Waals surface area (Å²) in [6.45, 7) is 4.22. The summed E-state index contributed by atoms with van der Waals surface area (Å²) in [4.78, 5) is 0.819. The van der Waals surface area contributed by atoms with Crippen LogP contribution in [0.5, 0.6) is 0 Å². The normalized spacial score (nSPS) is 12.2. The molecule has 0 aliphatic rings. The van der Waals surface area contributed by atoms with Crippen molar-refractivity contribution in [2.24, 2.45) is 0 Å². The average molecular weight is 279 g/mol. The lowest BCUT2D eigenvalue weighted by molar-refractivity contribution is 0.0834. The molecule has 1 aromatic rings. The Bertz CT molecular complexity index is 439. The summed E-state index contributed by atoms with van der Waals surface area (Å²) in [7, 11) is -3.48. The van der Waals surface area contributed by atoms with Crippen LogP contribution in [0.1, 0.15) is 18.7 Å². The molecular weight excluding hydrogens is 262 g/mol. The Labute approximate surface area is 105 Å². The summed E-state index contributed by atoms with van der Waals surface area (Å²) in [5, 5.41) is 10.4. The second-order valence-electron chi connectivity index (χ2n) is 3.72. The monoisotopic (exact) mass is 279 g/mol. The Kier molecular flexibility index (Phi) is 5.54. The molecule has 7 heteroatoms. The fourth-order valence-electron chi connectivity index (χ4n) is 1.14. The van der Waals surface area contributed by atoms with Crippen LogP contribution in [0.15, 0.2) is 16.3 Å². The highest BCUT2D eigenvalue weighted by Crippen LogP contribution is 2.18. The highest BCUT2D eigenvalue weighted by Gasteiger charge is 2.15. The zero-order valence-electron chi connectivity index (χ0n) is 9.84. The van der Waals surface area contributed by atoms with Gasteiger partial charge in [0.1, 0.15) is 0 Å². The Morgan fingerprint density at radius 2 is 2.24 bits per heavy atom. The molecule has 0 spiro atoms. The van der Waals surface area contributed by atoms with Crippen LogP contribution in [0.3, 0.4) is 0 Å². The van der Waals surface area contributed by atoms with Gasteiger partial charge in [0, 0.05) is 16.8 Å². The largest absolute Gasteiger partial charge is 0.391 e. The van der Waals surface area contributed by atoms with Gasteiger partial charge >= 0.3 is 0 Å². The van der Waals surface area contributed by atoms with Crippen LogP contribution in [-0.4, -0.2) is 32.8 Å². The van der Waals surface area contributed by atoms with Crippen LogP contribution in [0, 0.1) is 0 Å². The molecule has 0 aliphatic carbocycles. The third kappa shape index (κ3) is 4.72. The first kappa shape index (κ1) is 14.6. The quantitative estimate of drug-likeness (QED) is 0.729. The summed E-state index contributed by atoms with van der Waals surface area (Å²) in [6, 6.07) is 1.47. The van der Waals surface area contributed by atoms with E-state index in [1.54, 1.807) is 0 Å². The predicted octanol–water partition coefficient (Wildman–Crippen LogP) is 0.944. The maximum atomic E-state index is 11.8. The zero-order valence-corrected chi connectivity index (χ0v) is 11.5. The van der Waals surface area contributed by atoms with Gasteiger partial charge in [0.25, 0.3) is 0 Å². The summed E-state index contributed by atoms with van der Waals surface area (Å²) >= 11 is 1.22. The van der Waals surface area contributed by atoms with Gasteiger partial charge in [-0.1, -0.05) is 0 Å². The number of nitrogens with one attached hydrogen (secondary N) is 1. The molecule has 0 saturated heterocycles. The lowest BCUT2D eigenvalue weighted by Crippen LogP contribution is -2.27. The highest BCUT2D eigenvalue weighted by atomic mass is 32.2. The van der Waals surface area contributed by atoms with Crippen LogP contribution in [0.2, 0.25) is 0 Å². The molecule has 0 aliphatic heterocycles. The van der Waals surface area contributed by atoms with E-state index >= 15 is 0 Å². The van der Waals surface area contributed by atoms with Crippen LogP contribution in [0.25, 0.3) is 0 Å². The van der Waals surface area contributed by atoms with E-state index in [1.807, 2.05) is 13.8 Å². The summed E-state index contributed by atoms with van der Waals surface area (Å²) in [5.41, 5.74) is 0. The molecule has 17 heavy (non-hydrogen) atoms. The molecule has 0 radical (unpaired) electrons. The van der Waals surface area contributed by atoms with Gasteiger partial charge in [0.2, 0.25) is 10.0 Å². The first-order valence-electron chi connectivity index (χ1n) is 5.25. The Balaban J connectivity index is 2.51. The Morgan fingerprint density at radius 1 is 1.53 bits per heavy atom. The maximum absolute atomic E-state index is 11.8. The SMILES string of the molecule is CC(C)OCCNS(=O)(=O)c1csc(CO)c1. The van der Waals surface area contributed by atoms with Crippen molar-refractivity contribution in [2.75, 3.05) is 13.2 Å². The summed E-state index contributed by atoms with van der Waals surface area (Å²) < 4.78 is 31.2. The predicted molar refractivity (Wildman–Crippen MR) is 66.5 cm³/mol.